The normalized spacial score (nSPS) is 13.5. The van der Waals surface area contributed by atoms with Crippen LogP contribution in [0.25, 0.3) is 11.0 Å². The Kier molecular flexibility index (Phi) is 10.4. The number of nitrogens with one attached hydrogen (secondary N) is 1. The van der Waals surface area contributed by atoms with E-state index >= 15 is 0 Å². The number of aromatic nitrogens is 2. The molecule has 1 fully saturated rings. The predicted octanol–water partition coefficient (Wildman–Crippen LogP) is 5.02. The highest BCUT2D eigenvalue weighted by atomic mass is 79.9. The number of hydrogen-bond donors (Lipinski definition) is 2. The Hall–Kier alpha value is -3.20. The molecule has 0 atom stereocenters. The van der Waals surface area contributed by atoms with Crippen LogP contribution in [0.15, 0.2) is 45.8 Å². The number of likely N-dealkylation sites (tertiary alicyclic amines) is 1. The van der Waals surface area contributed by atoms with Gasteiger partial charge in [0.1, 0.15) is 23.5 Å². The van der Waals surface area contributed by atoms with E-state index in [0.717, 1.165) is 11.1 Å². The molecule has 0 bridgehead atoms. The maximum Gasteiger partial charge on any atom is 0.265 e. The van der Waals surface area contributed by atoms with Crippen LogP contribution in [0.3, 0.4) is 0 Å². The van der Waals surface area contributed by atoms with Crippen molar-refractivity contribution in [1.29, 1.82) is 0 Å². The first kappa shape index (κ1) is 30.0. The average molecular weight is 574 g/mol. The molecule has 1 saturated heterocycles. The third kappa shape index (κ3) is 6.97. The van der Waals surface area contributed by atoms with E-state index < -0.39 is 11.5 Å². The van der Waals surface area contributed by atoms with Crippen molar-refractivity contribution < 1.29 is 14.7 Å². The van der Waals surface area contributed by atoms with Crippen LogP contribution in [0.4, 0.5) is 0 Å². The molecule has 200 valence electrons. The Labute approximate surface area is 226 Å². The summed E-state index contributed by atoms with van der Waals surface area (Å²) >= 11 is 3.31. The molecule has 9 heteroatoms. The zero-order chi connectivity index (χ0) is 27.9. The van der Waals surface area contributed by atoms with Gasteiger partial charge in [0.05, 0.1) is 10.7 Å². The van der Waals surface area contributed by atoms with Crippen molar-refractivity contribution in [3.63, 3.8) is 0 Å². The standard InChI is InChI=1S/C24H25BrN4O4.2C2H6/c1-14-4-6-15(7-5-14)9-27-22(32)17-8-16-20(25)18(30)10-26-21(16)29(23(17)33)11-19(31)28-12-24(2,3)13-28;2*1-2/h4-8,10,30H,9,11-13H2,1-3H3,(H,27,32);2*1-2H3. The summed E-state index contributed by atoms with van der Waals surface area (Å²) in [7, 11) is 0. The van der Waals surface area contributed by atoms with Crippen LogP contribution in [0.2, 0.25) is 0 Å². The van der Waals surface area contributed by atoms with Gasteiger partial charge in [-0.1, -0.05) is 71.4 Å². The molecule has 0 radical (unpaired) electrons. The van der Waals surface area contributed by atoms with E-state index in [4.69, 9.17) is 0 Å². The molecule has 8 nitrogen and oxygen atoms in total. The molecule has 0 aliphatic carbocycles. The first-order chi connectivity index (χ1) is 17.6. The summed E-state index contributed by atoms with van der Waals surface area (Å²) < 4.78 is 1.50. The zero-order valence-electron chi connectivity index (χ0n) is 22.7. The van der Waals surface area contributed by atoms with Crippen molar-refractivity contribution in [3.8, 4) is 5.75 Å². The highest BCUT2D eigenvalue weighted by Gasteiger charge is 2.37. The lowest BCUT2D eigenvalue weighted by molar-refractivity contribution is -0.142. The van der Waals surface area contributed by atoms with Crippen LogP contribution in [0.1, 0.15) is 63.0 Å². The maximum atomic E-state index is 13.3. The van der Waals surface area contributed by atoms with E-state index in [9.17, 15) is 19.5 Å². The van der Waals surface area contributed by atoms with Gasteiger partial charge in [-0.25, -0.2) is 4.98 Å². The minimum Gasteiger partial charge on any atom is -0.505 e. The Morgan fingerprint density at radius 1 is 1.11 bits per heavy atom. The maximum absolute atomic E-state index is 13.3. The van der Waals surface area contributed by atoms with Gasteiger partial charge in [-0.3, -0.25) is 19.0 Å². The molecular weight excluding hydrogens is 536 g/mol. The Balaban J connectivity index is 0.00000115. The van der Waals surface area contributed by atoms with E-state index in [1.165, 1.54) is 16.8 Å². The third-order valence-corrected chi connectivity index (χ3v) is 6.57. The summed E-state index contributed by atoms with van der Waals surface area (Å²) in [5.74, 6) is -0.917. The number of amides is 2. The number of rotatable bonds is 5. The van der Waals surface area contributed by atoms with Gasteiger partial charge < -0.3 is 15.3 Å². The van der Waals surface area contributed by atoms with Crippen LogP contribution in [-0.4, -0.2) is 44.5 Å². The van der Waals surface area contributed by atoms with Gasteiger partial charge in [0.2, 0.25) is 5.91 Å². The first-order valence-electron chi connectivity index (χ1n) is 12.6. The van der Waals surface area contributed by atoms with Crippen molar-refractivity contribution >= 4 is 38.8 Å². The monoisotopic (exact) mass is 572 g/mol. The lowest BCUT2D eigenvalue weighted by Crippen LogP contribution is -2.56. The van der Waals surface area contributed by atoms with Crippen molar-refractivity contribution in [3.05, 3.63) is 68.0 Å². The molecular formula is C28H37BrN4O4. The summed E-state index contributed by atoms with van der Waals surface area (Å²) in [6.07, 6.45) is 1.21. The van der Waals surface area contributed by atoms with Gasteiger partial charge in [0.15, 0.2) is 0 Å². The summed E-state index contributed by atoms with van der Waals surface area (Å²) in [5, 5.41) is 13.2. The van der Waals surface area contributed by atoms with Crippen molar-refractivity contribution in [2.45, 2.75) is 61.6 Å². The number of aryl methyl sites for hydroxylation is 1. The second-order valence-electron chi connectivity index (χ2n) is 9.23. The van der Waals surface area contributed by atoms with Crippen molar-refractivity contribution in [2.24, 2.45) is 5.41 Å². The molecule has 2 aromatic heterocycles. The average Bonchev–Trinajstić information content (AvgIpc) is 2.88. The highest BCUT2D eigenvalue weighted by molar-refractivity contribution is 9.10. The Morgan fingerprint density at radius 2 is 1.70 bits per heavy atom. The minimum atomic E-state index is -0.609. The number of benzene rings is 1. The van der Waals surface area contributed by atoms with Gasteiger partial charge in [-0.15, -0.1) is 0 Å². The van der Waals surface area contributed by atoms with Gasteiger partial charge in [0, 0.05) is 25.0 Å². The van der Waals surface area contributed by atoms with Gasteiger partial charge in [-0.05, 0) is 39.9 Å². The number of hydrogen-bond acceptors (Lipinski definition) is 5. The SMILES string of the molecule is CC.CC.Cc1ccc(CNC(=O)c2cc3c(Br)c(O)cnc3n(CC(=O)N3CC(C)(C)C3)c2=O)cc1. The minimum absolute atomic E-state index is 0.0491. The summed E-state index contributed by atoms with van der Waals surface area (Å²) in [4.78, 5) is 44.9. The Bertz CT molecular complexity index is 1310. The van der Waals surface area contributed by atoms with E-state index in [0.29, 0.717) is 22.9 Å². The predicted molar refractivity (Wildman–Crippen MR) is 151 cm³/mol. The molecule has 3 aromatic rings. The number of carbonyl (C=O) groups excluding carboxylic acids is 2. The number of carbonyl (C=O) groups is 2. The van der Waals surface area contributed by atoms with E-state index in [1.54, 1.807) is 4.90 Å². The molecule has 1 aromatic carbocycles. The quantitative estimate of drug-likeness (QED) is 0.446. The van der Waals surface area contributed by atoms with Crippen LogP contribution >= 0.6 is 15.9 Å². The van der Waals surface area contributed by atoms with E-state index in [1.807, 2.05) is 58.9 Å². The number of nitrogens with zero attached hydrogens (tertiary/aromatic N) is 3. The molecule has 4 rings (SSSR count). The third-order valence-electron chi connectivity index (χ3n) is 5.73. The number of halogens is 1. The van der Waals surface area contributed by atoms with Crippen LogP contribution in [0, 0.1) is 12.3 Å². The number of aromatic hydroxyl groups is 1. The zero-order valence-corrected chi connectivity index (χ0v) is 24.3. The molecule has 3 heterocycles. The topological polar surface area (TPSA) is 105 Å². The fraction of sp³-hybridized carbons (Fsp3) is 0.429. The lowest BCUT2D eigenvalue weighted by Gasteiger charge is -2.45. The van der Waals surface area contributed by atoms with Crippen LogP contribution < -0.4 is 10.9 Å². The lowest BCUT2D eigenvalue weighted by atomic mass is 9.84. The van der Waals surface area contributed by atoms with Crippen LogP contribution in [-0.2, 0) is 17.9 Å². The van der Waals surface area contributed by atoms with Gasteiger partial charge in [-0.2, -0.15) is 0 Å². The second-order valence-corrected chi connectivity index (χ2v) is 10.0. The molecule has 0 unspecified atom stereocenters. The fourth-order valence-corrected chi connectivity index (χ4v) is 4.36. The molecule has 2 amide bonds. The first-order valence-corrected chi connectivity index (χ1v) is 13.4. The van der Waals surface area contributed by atoms with Crippen molar-refractivity contribution in [1.82, 2.24) is 19.8 Å². The molecule has 1 aliphatic heterocycles. The molecule has 2 N–H and O–H groups in total. The van der Waals surface area contributed by atoms with E-state index in [-0.39, 0.29) is 41.4 Å². The second kappa shape index (κ2) is 12.9. The summed E-state index contributed by atoms with van der Waals surface area (Å²) in [6, 6.07) is 9.09. The molecule has 37 heavy (non-hydrogen) atoms. The smallest absolute Gasteiger partial charge is 0.265 e. The Morgan fingerprint density at radius 3 is 2.27 bits per heavy atom. The largest absolute Gasteiger partial charge is 0.505 e. The number of fused-ring (bicyclic) bond motifs is 1. The highest BCUT2D eigenvalue weighted by Crippen LogP contribution is 2.31. The number of pyridine rings is 2. The fourth-order valence-electron chi connectivity index (χ4n) is 3.97. The summed E-state index contributed by atoms with van der Waals surface area (Å²) in [5.41, 5.74) is 1.53. The van der Waals surface area contributed by atoms with Crippen LogP contribution in [0.5, 0.6) is 5.75 Å². The molecule has 0 spiro atoms. The summed E-state index contributed by atoms with van der Waals surface area (Å²) in [6.45, 7) is 15.3. The molecule has 1 aliphatic rings. The van der Waals surface area contributed by atoms with Crippen molar-refractivity contribution in [2.75, 3.05) is 13.1 Å². The van der Waals surface area contributed by atoms with E-state index in [2.05, 4.69) is 40.1 Å². The van der Waals surface area contributed by atoms with Gasteiger partial charge in [0.25, 0.3) is 11.5 Å². The van der Waals surface area contributed by atoms with Gasteiger partial charge >= 0.3 is 0 Å². The molecule has 0 saturated carbocycles.